The predicted octanol–water partition coefficient (Wildman–Crippen LogP) is 3.94. The summed E-state index contributed by atoms with van der Waals surface area (Å²) in [7, 11) is 0. The van der Waals surface area contributed by atoms with Gasteiger partial charge in [-0.1, -0.05) is 19.9 Å². The molecule has 31 heavy (non-hydrogen) atoms. The first-order chi connectivity index (χ1) is 14.8. The lowest BCUT2D eigenvalue weighted by Gasteiger charge is -2.13. The van der Waals surface area contributed by atoms with Gasteiger partial charge >= 0.3 is 0 Å². The second-order valence-corrected chi connectivity index (χ2v) is 7.94. The molecule has 0 saturated carbocycles. The predicted molar refractivity (Wildman–Crippen MR) is 123 cm³/mol. The Kier molecular flexibility index (Phi) is 5.19. The molecule has 2 N–H and O–H groups in total. The zero-order chi connectivity index (χ0) is 22.3. The van der Waals surface area contributed by atoms with Gasteiger partial charge in [0, 0.05) is 35.6 Å². The average molecular weight is 416 g/mol. The summed E-state index contributed by atoms with van der Waals surface area (Å²) >= 11 is 0. The molecule has 0 aliphatic rings. The van der Waals surface area contributed by atoms with Gasteiger partial charge in [0.1, 0.15) is 11.2 Å². The Bertz CT molecular complexity index is 1450. The molecule has 0 aliphatic heterocycles. The number of benzene rings is 1. The Balaban J connectivity index is 1.76. The summed E-state index contributed by atoms with van der Waals surface area (Å²) in [5.74, 6) is -0.316. The zero-order valence-electron chi connectivity index (χ0n) is 17.9. The molecule has 3 aromatic heterocycles. The summed E-state index contributed by atoms with van der Waals surface area (Å²) in [6.45, 7) is 8.42. The lowest BCUT2D eigenvalue weighted by molar-refractivity contribution is 0.102. The molecule has 4 aromatic rings. The number of aromatic amines is 1. The van der Waals surface area contributed by atoms with Crippen LogP contribution in [0.25, 0.3) is 21.9 Å². The molecule has 3 heterocycles. The minimum atomic E-state index is -0.503. The van der Waals surface area contributed by atoms with Crippen molar-refractivity contribution in [1.29, 1.82) is 0 Å². The van der Waals surface area contributed by atoms with Crippen LogP contribution in [-0.2, 0) is 6.54 Å². The Morgan fingerprint density at radius 3 is 2.58 bits per heavy atom. The molecule has 158 valence electrons. The SMILES string of the molecule is CCn1cc(C(=O)Nc2ccc3c(C(C)C)cc(=O)[nH]c3c2)c(=O)c2ccc(C)nc21. The molecule has 0 bridgehead atoms. The number of aromatic nitrogens is 3. The van der Waals surface area contributed by atoms with E-state index >= 15 is 0 Å². The van der Waals surface area contributed by atoms with Gasteiger partial charge in [-0.05, 0) is 49.6 Å². The monoisotopic (exact) mass is 416 g/mol. The van der Waals surface area contributed by atoms with Crippen molar-refractivity contribution in [1.82, 2.24) is 14.5 Å². The van der Waals surface area contributed by atoms with E-state index in [4.69, 9.17) is 0 Å². The first-order valence-corrected chi connectivity index (χ1v) is 10.3. The van der Waals surface area contributed by atoms with Gasteiger partial charge in [0.05, 0.1) is 10.9 Å². The summed E-state index contributed by atoms with van der Waals surface area (Å²) in [5.41, 5.74) is 2.94. The van der Waals surface area contributed by atoms with Gasteiger partial charge < -0.3 is 14.9 Å². The smallest absolute Gasteiger partial charge is 0.261 e. The molecule has 1 aromatic carbocycles. The van der Waals surface area contributed by atoms with Crippen molar-refractivity contribution in [3.05, 3.63) is 80.0 Å². The second kappa shape index (κ2) is 7.83. The number of nitrogens with zero attached hydrogens (tertiary/aromatic N) is 2. The molecule has 7 nitrogen and oxygen atoms in total. The minimum Gasteiger partial charge on any atom is -0.332 e. The molecule has 0 radical (unpaired) electrons. The number of hydrogen-bond donors (Lipinski definition) is 2. The van der Waals surface area contributed by atoms with Gasteiger partial charge in [0.15, 0.2) is 0 Å². The first-order valence-electron chi connectivity index (χ1n) is 10.3. The molecule has 4 rings (SSSR count). The standard InChI is InChI=1S/C24H24N4O3/c1-5-28-12-19(22(30)17-8-6-14(4)25-23(17)28)24(31)26-15-7-9-16-18(13(2)3)11-21(29)27-20(16)10-15/h6-13H,5H2,1-4H3,(H,26,31)(H,27,29). The third-order valence-corrected chi connectivity index (χ3v) is 5.40. The fraction of sp³-hybridized carbons (Fsp3) is 0.250. The van der Waals surface area contributed by atoms with Crippen LogP contribution in [-0.4, -0.2) is 20.4 Å². The van der Waals surface area contributed by atoms with E-state index in [0.29, 0.717) is 28.8 Å². The highest BCUT2D eigenvalue weighted by atomic mass is 16.2. The van der Waals surface area contributed by atoms with E-state index in [-0.39, 0.29) is 22.5 Å². The Hall–Kier alpha value is -3.74. The van der Waals surface area contributed by atoms with Crippen LogP contribution in [0.4, 0.5) is 5.69 Å². The Morgan fingerprint density at radius 2 is 1.87 bits per heavy atom. The molecule has 0 atom stereocenters. The van der Waals surface area contributed by atoms with Crippen LogP contribution in [0.2, 0.25) is 0 Å². The minimum absolute atomic E-state index is 0.0459. The summed E-state index contributed by atoms with van der Waals surface area (Å²) in [4.78, 5) is 45.2. The number of anilines is 1. The lowest BCUT2D eigenvalue weighted by atomic mass is 9.99. The fourth-order valence-electron chi connectivity index (χ4n) is 3.80. The number of nitrogens with one attached hydrogen (secondary N) is 2. The first kappa shape index (κ1) is 20.5. The summed E-state index contributed by atoms with van der Waals surface area (Å²) in [6.07, 6.45) is 1.55. The van der Waals surface area contributed by atoms with Crippen molar-refractivity contribution >= 4 is 33.5 Å². The van der Waals surface area contributed by atoms with Gasteiger partial charge in [-0.15, -0.1) is 0 Å². The van der Waals surface area contributed by atoms with Crippen LogP contribution in [0.3, 0.4) is 0 Å². The highest BCUT2D eigenvalue weighted by molar-refractivity contribution is 6.06. The van der Waals surface area contributed by atoms with Crippen molar-refractivity contribution in [2.24, 2.45) is 0 Å². The molecule has 0 saturated heterocycles. The van der Waals surface area contributed by atoms with Crippen LogP contribution in [0.5, 0.6) is 0 Å². The van der Waals surface area contributed by atoms with Gasteiger partial charge in [-0.2, -0.15) is 0 Å². The molecular weight excluding hydrogens is 392 g/mol. The highest BCUT2D eigenvalue weighted by Gasteiger charge is 2.17. The number of carbonyl (C=O) groups is 1. The molecular formula is C24H24N4O3. The normalized spacial score (nSPS) is 11.4. The molecule has 0 aliphatic carbocycles. The lowest BCUT2D eigenvalue weighted by Crippen LogP contribution is -2.24. The number of rotatable bonds is 4. The van der Waals surface area contributed by atoms with Crippen molar-refractivity contribution in [2.45, 2.75) is 40.2 Å². The third-order valence-electron chi connectivity index (χ3n) is 5.40. The summed E-state index contributed by atoms with van der Waals surface area (Å²) < 4.78 is 1.80. The number of aryl methyl sites for hydroxylation is 2. The van der Waals surface area contributed by atoms with Crippen LogP contribution >= 0.6 is 0 Å². The van der Waals surface area contributed by atoms with Crippen molar-refractivity contribution in [2.75, 3.05) is 5.32 Å². The van der Waals surface area contributed by atoms with Gasteiger partial charge in [0.25, 0.3) is 5.91 Å². The van der Waals surface area contributed by atoms with E-state index < -0.39 is 5.91 Å². The van der Waals surface area contributed by atoms with Gasteiger partial charge in [-0.25, -0.2) is 4.98 Å². The maximum Gasteiger partial charge on any atom is 0.261 e. The Morgan fingerprint density at radius 1 is 1.13 bits per heavy atom. The molecule has 0 fully saturated rings. The van der Waals surface area contributed by atoms with Gasteiger partial charge in [-0.3, -0.25) is 14.4 Å². The number of H-pyrrole nitrogens is 1. The quantitative estimate of drug-likeness (QED) is 0.527. The van der Waals surface area contributed by atoms with Crippen LogP contribution < -0.4 is 16.3 Å². The molecule has 1 amide bonds. The number of hydrogen-bond acceptors (Lipinski definition) is 4. The fourth-order valence-corrected chi connectivity index (χ4v) is 3.80. The largest absolute Gasteiger partial charge is 0.332 e. The van der Waals surface area contributed by atoms with Gasteiger partial charge in [0.2, 0.25) is 11.0 Å². The van der Waals surface area contributed by atoms with Crippen LogP contribution in [0.1, 0.15) is 48.3 Å². The van der Waals surface area contributed by atoms with Crippen molar-refractivity contribution < 1.29 is 4.79 Å². The third kappa shape index (κ3) is 3.74. The van der Waals surface area contributed by atoms with E-state index in [0.717, 1.165) is 16.6 Å². The van der Waals surface area contributed by atoms with Crippen molar-refractivity contribution in [3.63, 3.8) is 0 Å². The highest BCUT2D eigenvalue weighted by Crippen LogP contribution is 2.25. The maximum atomic E-state index is 13.0. The zero-order valence-corrected chi connectivity index (χ0v) is 17.9. The topological polar surface area (TPSA) is 96.9 Å². The van der Waals surface area contributed by atoms with E-state index in [2.05, 4.69) is 15.3 Å². The van der Waals surface area contributed by atoms with E-state index in [9.17, 15) is 14.4 Å². The van der Waals surface area contributed by atoms with E-state index in [1.54, 1.807) is 41.1 Å². The number of carbonyl (C=O) groups excluding carboxylic acids is 1. The van der Waals surface area contributed by atoms with Crippen molar-refractivity contribution in [3.8, 4) is 0 Å². The average Bonchev–Trinajstić information content (AvgIpc) is 2.73. The molecule has 0 unspecified atom stereocenters. The van der Waals surface area contributed by atoms with E-state index in [1.165, 1.54) is 0 Å². The molecule has 0 spiro atoms. The Labute approximate surface area is 178 Å². The molecule has 7 heteroatoms. The number of pyridine rings is 3. The van der Waals surface area contributed by atoms with Crippen LogP contribution in [0, 0.1) is 6.92 Å². The summed E-state index contributed by atoms with van der Waals surface area (Å²) in [5, 5.41) is 4.12. The summed E-state index contributed by atoms with van der Waals surface area (Å²) in [6, 6.07) is 10.4. The maximum absolute atomic E-state index is 13.0. The van der Waals surface area contributed by atoms with Crippen LogP contribution in [0.15, 0.2) is 52.2 Å². The number of amides is 1. The number of fused-ring (bicyclic) bond motifs is 2. The second-order valence-electron chi connectivity index (χ2n) is 7.94. The van der Waals surface area contributed by atoms with E-state index in [1.807, 2.05) is 33.8 Å².